The molecule has 21 heavy (non-hydrogen) atoms. The molecule has 0 unspecified atom stereocenters. The predicted molar refractivity (Wildman–Crippen MR) is 82.4 cm³/mol. The number of hydrogen-bond donors (Lipinski definition) is 1. The first-order valence-corrected chi connectivity index (χ1v) is 7.89. The Morgan fingerprint density at radius 2 is 2.14 bits per heavy atom. The van der Waals surface area contributed by atoms with Gasteiger partial charge < -0.3 is 9.73 Å². The summed E-state index contributed by atoms with van der Waals surface area (Å²) in [6, 6.07) is 7.41. The van der Waals surface area contributed by atoms with Crippen molar-refractivity contribution in [3.63, 3.8) is 0 Å². The Labute approximate surface area is 132 Å². The van der Waals surface area contributed by atoms with E-state index >= 15 is 0 Å². The average molecular weight is 326 g/mol. The maximum Gasteiger partial charge on any atom is 0.277 e. The van der Waals surface area contributed by atoms with Crippen LogP contribution in [-0.2, 0) is 11.3 Å². The van der Waals surface area contributed by atoms with Gasteiger partial charge in [0.2, 0.25) is 11.8 Å². The molecule has 1 amide bonds. The third-order valence-corrected chi connectivity index (χ3v) is 3.86. The number of hydrogen-bond acceptors (Lipinski definition) is 5. The number of nitrogens with one attached hydrogen (secondary N) is 1. The van der Waals surface area contributed by atoms with Crippen molar-refractivity contribution in [1.29, 1.82) is 0 Å². The van der Waals surface area contributed by atoms with E-state index in [0.717, 1.165) is 5.56 Å². The van der Waals surface area contributed by atoms with Gasteiger partial charge in [0.25, 0.3) is 5.22 Å². The number of halogens is 1. The van der Waals surface area contributed by atoms with Crippen LogP contribution < -0.4 is 5.32 Å². The lowest BCUT2D eigenvalue weighted by Crippen LogP contribution is -2.24. The van der Waals surface area contributed by atoms with Gasteiger partial charge in [-0.15, -0.1) is 10.2 Å². The van der Waals surface area contributed by atoms with Crippen molar-refractivity contribution < 1.29 is 9.21 Å². The highest BCUT2D eigenvalue weighted by Crippen LogP contribution is 2.20. The molecule has 7 heteroatoms. The largest absolute Gasteiger partial charge is 0.416 e. The third kappa shape index (κ3) is 4.75. The molecule has 1 N–H and O–H groups in total. The first-order chi connectivity index (χ1) is 10.1. The quantitative estimate of drug-likeness (QED) is 0.826. The van der Waals surface area contributed by atoms with Gasteiger partial charge in [-0.25, -0.2) is 0 Å². The van der Waals surface area contributed by atoms with Gasteiger partial charge in [-0.3, -0.25) is 4.79 Å². The highest BCUT2D eigenvalue weighted by Gasteiger charge is 2.12. The second kappa shape index (κ2) is 7.47. The van der Waals surface area contributed by atoms with Gasteiger partial charge in [0.1, 0.15) is 0 Å². The normalized spacial score (nSPS) is 10.9. The van der Waals surface area contributed by atoms with Gasteiger partial charge >= 0.3 is 0 Å². The van der Waals surface area contributed by atoms with E-state index in [1.165, 1.54) is 11.8 Å². The van der Waals surface area contributed by atoms with Gasteiger partial charge in [-0.2, -0.15) is 0 Å². The first-order valence-electron chi connectivity index (χ1n) is 6.52. The molecule has 1 aromatic carbocycles. The zero-order chi connectivity index (χ0) is 15.2. The number of aromatic nitrogens is 2. The molecule has 1 aromatic heterocycles. The summed E-state index contributed by atoms with van der Waals surface area (Å²) in [6.07, 6.45) is 0. The van der Waals surface area contributed by atoms with Crippen LogP contribution in [0.4, 0.5) is 0 Å². The van der Waals surface area contributed by atoms with Crippen molar-refractivity contribution in [3.05, 3.63) is 40.7 Å². The highest BCUT2D eigenvalue weighted by molar-refractivity contribution is 7.99. The molecule has 0 saturated heterocycles. The molecule has 0 bridgehead atoms. The number of nitrogens with zero attached hydrogens (tertiary/aromatic N) is 2. The Morgan fingerprint density at radius 1 is 1.38 bits per heavy atom. The molecule has 0 radical (unpaired) electrons. The van der Waals surface area contributed by atoms with Crippen LogP contribution in [0.25, 0.3) is 0 Å². The van der Waals surface area contributed by atoms with Gasteiger partial charge in [0.05, 0.1) is 5.75 Å². The average Bonchev–Trinajstić information content (AvgIpc) is 2.93. The molecule has 5 nitrogen and oxygen atoms in total. The van der Waals surface area contributed by atoms with Gasteiger partial charge in [-0.05, 0) is 11.6 Å². The number of benzene rings is 1. The van der Waals surface area contributed by atoms with Crippen LogP contribution in [0, 0.1) is 0 Å². The van der Waals surface area contributed by atoms with Crippen molar-refractivity contribution in [2.45, 2.75) is 31.5 Å². The fourth-order valence-corrected chi connectivity index (χ4v) is 2.33. The monoisotopic (exact) mass is 325 g/mol. The molecule has 0 aliphatic heterocycles. The summed E-state index contributed by atoms with van der Waals surface area (Å²) in [7, 11) is 0. The van der Waals surface area contributed by atoms with Crippen LogP contribution in [0.5, 0.6) is 0 Å². The number of carbonyl (C=O) groups excluding carboxylic acids is 1. The predicted octanol–water partition coefficient (Wildman–Crippen LogP) is 3.25. The van der Waals surface area contributed by atoms with Gasteiger partial charge in [0.15, 0.2) is 0 Å². The summed E-state index contributed by atoms with van der Waals surface area (Å²) in [4.78, 5) is 11.8. The number of rotatable bonds is 6. The van der Waals surface area contributed by atoms with E-state index in [9.17, 15) is 4.79 Å². The summed E-state index contributed by atoms with van der Waals surface area (Å²) in [5, 5.41) is 11.7. The minimum Gasteiger partial charge on any atom is -0.416 e. The molecule has 0 atom stereocenters. The summed E-state index contributed by atoms with van der Waals surface area (Å²) in [6.45, 7) is 4.34. The number of thioether (sulfide) groups is 1. The SMILES string of the molecule is CC(C)c1nnc(SCC(=O)NCc2ccccc2Cl)o1. The fraction of sp³-hybridized carbons (Fsp3) is 0.357. The van der Waals surface area contributed by atoms with Crippen LogP contribution >= 0.6 is 23.4 Å². The standard InChI is InChI=1S/C14H16ClN3O2S/c1-9(2)13-17-18-14(20-13)21-8-12(19)16-7-10-5-3-4-6-11(10)15/h3-6,9H,7-8H2,1-2H3,(H,16,19). The molecular formula is C14H16ClN3O2S. The fourth-order valence-electron chi connectivity index (χ4n) is 1.53. The summed E-state index contributed by atoms with van der Waals surface area (Å²) >= 11 is 7.24. The number of carbonyl (C=O) groups is 1. The van der Waals surface area contributed by atoms with E-state index in [1.807, 2.05) is 32.0 Å². The van der Waals surface area contributed by atoms with Crippen molar-refractivity contribution in [2.75, 3.05) is 5.75 Å². The van der Waals surface area contributed by atoms with Gasteiger partial charge in [0, 0.05) is 17.5 Å². The minimum atomic E-state index is -0.107. The summed E-state index contributed by atoms with van der Waals surface area (Å²) < 4.78 is 5.42. The lowest BCUT2D eigenvalue weighted by atomic mass is 10.2. The van der Waals surface area contributed by atoms with Crippen LogP contribution in [0.1, 0.15) is 31.2 Å². The summed E-state index contributed by atoms with van der Waals surface area (Å²) in [5.74, 6) is 0.878. The molecule has 0 spiro atoms. The molecule has 2 aromatic rings. The molecular weight excluding hydrogens is 310 g/mol. The topological polar surface area (TPSA) is 68.0 Å². The lowest BCUT2D eigenvalue weighted by Gasteiger charge is -2.05. The Morgan fingerprint density at radius 3 is 2.81 bits per heavy atom. The molecule has 1 heterocycles. The molecule has 0 saturated carbocycles. The smallest absolute Gasteiger partial charge is 0.277 e. The Bertz CT molecular complexity index is 616. The highest BCUT2D eigenvalue weighted by atomic mass is 35.5. The second-order valence-electron chi connectivity index (χ2n) is 4.72. The second-order valence-corrected chi connectivity index (χ2v) is 6.05. The minimum absolute atomic E-state index is 0.107. The maximum absolute atomic E-state index is 11.8. The van der Waals surface area contributed by atoms with Crippen molar-refractivity contribution in [3.8, 4) is 0 Å². The molecule has 0 aliphatic carbocycles. The lowest BCUT2D eigenvalue weighted by molar-refractivity contribution is -0.118. The zero-order valence-corrected chi connectivity index (χ0v) is 13.4. The van der Waals surface area contributed by atoms with Crippen molar-refractivity contribution in [1.82, 2.24) is 15.5 Å². The van der Waals surface area contributed by atoms with E-state index in [1.54, 1.807) is 6.07 Å². The number of amides is 1. The van der Waals surface area contributed by atoms with E-state index < -0.39 is 0 Å². The van der Waals surface area contributed by atoms with E-state index in [4.69, 9.17) is 16.0 Å². The van der Waals surface area contributed by atoms with E-state index in [-0.39, 0.29) is 17.6 Å². The van der Waals surface area contributed by atoms with Crippen LogP contribution in [-0.4, -0.2) is 21.9 Å². The van der Waals surface area contributed by atoms with E-state index in [0.29, 0.717) is 22.7 Å². The van der Waals surface area contributed by atoms with Crippen molar-refractivity contribution in [2.24, 2.45) is 0 Å². The van der Waals surface area contributed by atoms with E-state index in [2.05, 4.69) is 15.5 Å². The third-order valence-electron chi connectivity index (χ3n) is 2.68. The van der Waals surface area contributed by atoms with Gasteiger partial charge in [-0.1, -0.05) is 55.4 Å². The van der Waals surface area contributed by atoms with Crippen LogP contribution in [0.15, 0.2) is 33.9 Å². The Kier molecular flexibility index (Phi) is 5.64. The molecule has 2 rings (SSSR count). The van der Waals surface area contributed by atoms with Crippen molar-refractivity contribution >= 4 is 29.3 Å². The first kappa shape index (κ1) is 15.9. The van der Waals surface area contributed by atoms with Crippen LogP contribution in [0.3, 0.4) is 0 Å². The molecule has 0 aliphatic rings. The van der Waals surface area contributed by atoms with Crippen LogP contribution in [0.2, 0.25) is 5.02 Å². The molecule has 112 valence electrons. The summed E-state index contributed by atoms with van der Waals surface area (Å²) in [5.41, 5.74) is 0.886. The Hall–Kier alpha value is -1.53. The zero-order valence-electron chi connectivity index (χ0n) is 11.8. The Balaban J connectivity index is 1.78. The maximum atomic E-state index is 11.8. The molecule has 0 fully saturated rings.